The predicted octanol–water partition coefficient (Wildman–Crippen LogP) is 2.05. The fourth-order valence-corrected chi connectivity index (χ4v) is 2.31. The Morgan fingerprint density at radius 2 is 2.24 bits per heavy atom. The van der Waals surface area contributed by atoms with Crippen LogP contribution in [0.3, 0.4) is 0 Å². The lowest BCUT2D eigenvalue weighted by Gasteiger charge is -2.32. The summed E-state index contributed by atoms with van der Waals surface area (Å²) in [4.78, 5) is 6.18. The van der Waals surface area contributed by atoms with Gasteiger partial charge in [0.05, 0.1) is 0 Å². The van der Waals surface area contributed by atoms with Crippen LogP contribution in [-0.2, 0) is 0 Å². The maximum absolute atomic E-state index is 13.6. The van der Waals surface area contributed by atoms with Gasteiger partial charge in [0.2, 0.25) is 0 Å². The Bertz CT molecular complexity index is 348. The van der Waals surface area contributed by atoms with Crippen LogP contribution in [0.4, 0.5) is 10.2 Å². The largest absolute Gasteiger partial charge is 0.354 e. The van der Waals surface area contributed by atoms with Gasteiger partial charge in [0.25, 0.3) is 0 Å². The first-order chi connectivity index (χ1) is 8.31. The third-order valence-electron chi connectivity index (χ3n) is 3.34. The van der Waals surface area contributed by atoms with Gasteiger partial charge in [-0.1, -0.05) is 6.92 Å². The summed E-state index contributed by atoms with van der Waals surface area (Å²) in [6.07, 6.45) is 3.88. The van der Waals surface area contributed by atoms with Crippen molar-refractivity contribution < 1.29 is 4.39 Å². The molecule has 0 unspecified atom stereocenters. The van der Waals surface area contributed by atoms with Gasteiger partial charge in [0.15, 0.2) is 11.6 Å². The van der Waals surface area contributed by atoms with E-state index in [1.807, 2.05) is 0 Å². The SMILES string of the molecule is CCNCC1CCN(c2ncccc2F)CC1. The first-order valence-electron chi connectivity index (χ1n) is 6.37. The minimum Gasteiger partial charge on any atom is -0.354 e. The van der Waals surface area contributed by atoms with Gasteiger partial charge in [-0.2, -0.15) is 0 Å². The molecule has 2 heterocycles. The second-order valence-electron chi connectivity index (χ2n) is 4.55. The third-order valence-corrected chi connectivity index (χ3v) is 3.34. The van der Waals surface area contributed by atoms with E-state index in [1.165, 1.54) is 6.07 Å². The Labute approximate surface area is 102 Å². The Morgan fingerprint density at radius 3 is 2.88 bits per heavy atom. The Kier molecular flexibility index (Phi) is 4.31. The fraction of sp³-hybridized carbons (Fsp3) is 0.615. The molecule has 1 aromatic rings. The number of hydrogen-bond donors (Lipinski definition) is 1. The maximum atomic E-state index is 13.6. The van der Waals surface area contributed by atoms with Crippen LogP contribution in [0, 0.1) is 11.7 Å². The minimum atomic E-state index is -0.211. The highest BCUT2D eigenvalue weighted by molar-refractivity contribution is 5.39. The summed E-state index contributed by atoms with van der Waals surface area (Å²) >= 11 is 0. The molecule has 3 nitrogen and oxygen atoms in total. The molecule has 1 N–H and O–H groups in total. The minimum absolute atomic E-state index is 0.211. The summed E-state index contributed by atoms with van der Waals surface area (Å²) in [7, 11) is 0. The average Bonchev–Trinajstić information content (AvgIpc) is 2.38. The van der Waals surface area contributed by atoms with E-state index in [4.69, 9.17) is 0 Å². The van der Waals surface area contributed by atoms with E-state index in [0.717, 1.165) is 44.9 Å². The van der Waals surface area contributed by atoms with Gasteiger partial charge in [0.1, 0.15) is 0 Å². The molecular weight excluding hydrogens is 217 g/mol. The lowest BCUT2D eigenvalue weighted by Crippen LogP contribution is -2.38. The molecule has 0 atom stereocenters. The molecule has 4 heteroatoms. The Hall–Kier alpha value is -1.16. The maximum Gasteiger partial charge on any atom is 0.165 e. The molecule has 1 aliphatic rings. The topological polar surface area (TPSA) is 28.2 Å². The number of pyridine rings is 1. The number of aromatic nitrogens is 1. The predicted molar refractivity (Wildman–Crippen MR) is 67.7 cm³/mol. The standard InChI is InChI=1S/C13H20FN3/c1-2-15-10-11-5-8-17(9-6-11)13-12(14)4-3-7-16-13/h3-4,7,11,15H,2,5-6,8-10H2,1H3. The number of halogens is 1. The molecule has 1 fully saturated rings. The van der Waals surface area contributed by atoms with Crippen molar-refractivity contribution in [3.05, 3.63) is 24.1 Å². The van der Waals surface area contributed by atoms with Crippen LogP contribution >= 0.6 is 0 Å². The number of anilines is 1. The van der Waals surface area contributed by atoms with Crippen LogP contribution in [0.15, 0.2) is 18.3 Å². The lowest BCUT2D eigenvalue weighted by molar-refractivity contribution is 0.383. The number of piperidine rings is 1. The highest BCUT2D eigenvalue weighted by Crippen LogP contribution is 2.23. The molecule has 1 aromatic heterocycles. The van der Waals surface area contributed by atoms with E-state index in [9.17, 15) is 4.39 Å². The van der Waals surface area contributed by atoms with Gasteiger partial charge >= 0.3 is 0 Å². The molecule has 0 spiro atoms. The average molecular weight is 237 g/mol. The van der Waals surface area contributed by atoms with Crippen molar-refractivity contribution >= 4 is 5.82 Å². The normalized spacial score (nSPS) is 17.4. The van der Waals surface area contributed by atoms with Gasteiger partial charge in [0, 0.05) is 19.3 Å². The van der Waals surface area contributed by atoms with E-state index in [0.29, 0.717) is 5.82 Å². The highest BCUT2D eigenvalue weighted by Gasteiger charge is 2.21. The van der Waals surface area contributed by atoms with Crippen LogP contribution in [0.2, 0.25) is 0 Å². The van der Waals surface area contributed by atoms with E-state index < -0.39 is 0 Å². The summed E-state index contributed by atoms with van der Waals surface area (Å²) in [5.74, 6) is 1.02. The van der Waals surface area contributed by atoms with Crippen molar-refractivity contribution in [3.63, 3.8) is 0 Å². The van der Waals surface area contributed by atoms with Crippen molar-refractivity contribution in [1.82, 2.24) is 10.3 Å². The number of nitrogens with one attached hydrogen (secondary N) is 1. The molecule has 1 saturated heterocycles. The Balaban J connectivity index is 1.89. The molecule has 0 bridgehead atoms. The summed E-state index contributed by atoms with van der Waals surface area (Å²) in [5.41, 5.74) is 0. The second kappa shape index (κ2) is 5.96. The Morgan fingerprint density at radius 1 is 1.47 bits per heavy atom. The quantitative estimate of drug-likeness (QED) is 0.868. The number of hydrogen-bond acceptors (Lipinski definition) is 3. The van der Waals surface area contributed by atoms with Crippen molar-refractivity contribution in [2.75, 3.05) is 31.1 Å². The molecule has 0 radical (unpaired) electrons. The van der Waals surface area contributed by atoms with Crippen molar-refractivity contribution in [3.8, 4) is 0 Å². The van der Waals surface area contributed by atoms with Crippen molar-refractivity contribution in [2.24, 2.45) is 5.92 Å². The molecule has 1 aliphatic heterocycles. The van der Waals surface area contributed by atoms with Crippen LogP contribution in [0.5, 0.6) is 0 Å². The molecule has 0 amide bonds. The molecular formula is C13H20FN3. The van der Waals surface area contributed by atoms with E-state index in [1.54, 1.807) is 12.3 Å². The zero-order valence-electron chi connectivity index (χ0n) is 10.3. The monoisotopic (exact) mass is 237 g/mol. The van der Waals surface area contributed by atoms with Gasteiger partial charge in [-0.25, -0.2) is 9.37 Å². The summed E-state index contributed by atoms with van der Waals surface area (Å²) in [6, 6.07) is 3.11. The van der Waals surface area contributed by atoms with Crippen molar-refractivity contribution in [2.45, 2.75) is 19.8 Å². The lowest BCUT2D eigenvalue weighted by atomic mass is 9.97. The number of nitrogens with zero attached hydrogens (tertiary/aromatic N) is 2. The van der Waals surface area contributed by atoms with Gasteiger partial charge < -0.3 is 10.2 Å². The molecule has 17 heavy (non-hydrogen) atoms. The van der Waals surface area contributed by atoms with Crippen LogP contribution in [0.25, 0.3) is 0 Å². The second-order valence-corrected chi connectivity index (χ2v) is 4.55. The molecule has 0 aromatic carbocycles. The first-order valence-corrected chi connectivity index (χ1v) is 6.37. The van der Waals surface area contributed by atoms with Crippen LogP contribution < -0.4 is 10.2 Å². The van der Waals surface area contributed by atoms with Gasteiger partial charge in [-0.3, -0.25) is 0 Å². The van der Waals surface area contributed by atoms with E-state index in [2.05, 4.69) is 22.1 Å². The third kappa shape index (κ3) is 3.16. The van der Waals surface area contributed by atoms with Gasteiger partial charge in [-0.05, 0) is 44.0 Å². The summed E-state index contributed by atoms with van der Waals surface area (Å²) < 4.78 is 13.6. The van der Waals surface area contributed by atoms with E-state index >= 15 is 0 Å². The fourth-order valence-electron chi connectivity index (χ4n) is 2.31. The summed E-state index contributed by atoms with van der Waals surface area (Å²) in [6.45, 7) is 6.04. The molecule has 94 valence electrons. The number of rotatable bonds is 4. The van der Waals surface area contributed by atoms with Crippen molar-refractivity contribution in [1.29, 1.82) is 0 Å². The van der Waals surface area contributed by atoms with Crippen LogP contribution in [0.1, 0.15) is 19.8 Å². The smallest absolute Gasteiger partial charge is 0.165 e. The van der Waals surface area contributed by atoms with Crippen LogP contribution in [-0.4, -0.2) is 31.2 Å². The highest BCUT2D eigenvalue weighted by atomic mass is 19.1. The van der Waals surface area contributed by atoms with E-state index in [-0.39, 0.29) is 5.82 Å². The van der Waals surface area contributed by atoms with Gasteiger partial charge in [-0.15, -0.1) is 0 Å². The molecule has 0 aliphatic carbocycles. The molecule has 2 rings (SSSR count). The zero-order valence-corrected chi connectivity index (χ0v) is 10.3. The summed E-state index contributed by atoms with van der Waals surface area (Å²) in [5, 5.41) is 3.38. The zero-order chi connectivity index (χ0) is 12.1. The molecule has 0 saturated carbocycles. The first kappa shape index (κ1) is 12.3.